The Morgan fingerprint density at radius 3 is 2.36 bits per heavy atom. The van der Waals surface area contributed by atoms with Crippen molar-refractivity contribution in [1.82, 2.24) is 4.90 Å². The van der Waals surface area contributed by atoms with Crippen LogP contribution in [0.3, 0.4) is 0 Å². The van der Waals surface area contributed by atoms with Crippen molar-refractivity contribution in [2.45, 2.75) is 71.9 Å². The van der Waals surface area contributed by atoms with Crippen LogP contribution in [0.2, 0.25) is 0 Å². The second-order valence-corrected chi connectivity index (χ2v) is 7.74. The van der Waals surface area contributed by atoms with Gasteiger partial charge in [-0.3, -0.25) is 14.5 Å². The highest BCUT2D eigenvalue weighted by Gasteiger charge is 2.37. The molecule has 1 saturated carbocycles. The SMILES string of the molecule is CC1CCC(C(C)C)C(OCCOC(=O)[C@H](C)N2C(=O)CCC2=O)C1. The molecule has 0 bridgehead atoms. The molecule has 2 aliphatic rings. The van der Waals surface area contributed by atoms with Crippen LogP contribution in [-0.4, -0.2) is 48.0 Å². The van der Waals surface area contributed by atoms with E-state index in [2.05, 4.69) is 20.8 Å². The van der Waals surface area contributed by atoms with Crippen LogP contribution in [0, 0.1) is 17.8 Å². The maximum absolute atomic E-state index is 12.1. The lowest BCUT2D eigenvalue weighted by molar-refractivity contribution is -0.159. The van der Waals surface area contributed by atoms with Gasteiger partial charge in [-0.05, 0) is 37.5 Å². The van der Waals surface area contributed by atoms with Gasteiger partial charge < -0.3 is 9.47 Å². The number of likely N-dealkylation sites (tertiary alicyclic amines) is 1. The summed E-state index contributed by atoms with van der Waals surface area (Å²) in [7, 11) is 0. The van der Waals surface area contributed by atoms with E-state index in [1.807, 2.05) is 0 Å². The van der Waals surface area contributed by atoms with Gasteiger partial charge in [0, 0.05) is 12.8 Å². The van der Waals surface area contributed by atoms with Crippen LogP contribution in [0.15, 0.2) is 0 Å². The summed E-state index contributed by atoms with van der Waals surface area (Å²) in [6.07, 6.45) is 4.03. The maximum Gasteiger partial charge on any atom is 0.329 e. The zero-order chi connectivity index (χ0) is 18.6. The summed E-state index contributed by atoms with van der Waals surface area (Å²) >= 11 is 0. The highest BCUT2D eigenvalue weighted by atomic mass is 16.6. The molecular formula is C19H31NO5. The van der Waals surface area contributed by atoms with Gasteiger partial charge in [-0.15, -0.1) is 0 Å². The number of hydrogen-bond acceptors (Lipinski definition) is 5. The van der Waals surface area contributed by atoms with E-state index in [0.29, 0.717) is 24.4 Å². The standard InChI is InChI=1S/C19H31NO5/c1-12(2)15-6-5-13(3)11-16(15)24-9-10-25-19(23)14(4)20-17(21)7-8-18(20)22/h12-16H,5-11H2,1-4H3/t13?,14-,15?,16?/m0/s1. The van der Waals surface area contributed by atoms with Gasteiger partial charge in [0.25, 0.3) is 0 Å². The lowest BCUT2D eigenvalue weighted by Crippen LogP contribution is -2.43. The van der Waals surface area contributed by atoms with Crippen molar-refractivity contribution < 1.29 is 23.9 Å². The lowest BCUT2D eigenvalue weighted by atomic mass is 9.75. The van der Waals surface area contributed by atoms with Gasteiger partial charge in [-0.25, -0.2) is 4.79 Å². The Balaban J connectivity index is 1.75. The van der Waals surface area contributed by atoms with E-state index < -0.39 is 12.0 Å². The van der Waals surface area contributed by atoms with Gasteiger partial charge in [-0.1, -0.05) is 27.2 Å². The first-order chi connectivity index (χ1) is 11.8. The van der Waals surface area contributed by atoms with E-state index in [1.54, 1.807) is 0 Å². The van der Waals surface area contributed by atoms with E-state index in [1.165, 1.54) is 19.8 Å². The molecule has 0 aromatic rings. The van der Waals surface area contributed by atoms with Crippen LogP contribution in [0.5, 0.6) is 0 Å². The van der Waals surface area contributed by atoms with Crippen molar-refractivity contribution in [3.8, 4) is 0 Å². The summed E-state index contributed by atoms with van der Waals surface area (Å²) in [4.78, 5) is 36.4. The van der Waals surface area contributed by atoms with Crippen molar-refractivity contribution in [2.75, 3.05) is 13.2 Å². The average Bonchev–Trinajstić information content (AvgIpc) is 2.89. The van der Waals surface area contributed by atoms with Gasteiger partial charge in [0.2, 0.25) is 11.8 Å². The number of carbonyl (C=O) groups is 3. The molecule has 0 spiro atoms. The second kappa shape index (κ2) is 8.79. The molecule has 1 aliphatic heterocycles. The fourth-order valence-electron chi connectivity index (χ4n) is 3.90. The van der Waals surface area contributed by atoms with Crippen LogP contribution in [0.1, 0.15) is 59.8 Å². The first-order valence-corrected chi connectivity index (χ1v) is 9.44. The van der Waals surface area contributed by atoms with Crippen LogP contribution >= 0.6 is 0 Å². The lowest BCUT2D eigenvalue weighted by Gasteiger charge is -2.37. The number of rotatable bonds is 7. The van der Waals surface area contributed by atoms with Crippen LogP contribution in [0.4, 0.5) is 0 Å². The third kappa shape index (κ3) is 5.03. The Kier molecular flexibility index (Phi) is 6.99. The first kappa shape index (κ1) is 19.9. The molecule has 1 heterocycles. The third-order valence-corrected chi connectivity index (χ3v) is 5.44. The predicted molar refractivity (Wildman–Crippen MR) is 92.6 cm³/mol. The van der Waals surface area contributed by atoms with Crippen molar-refractivity contribution >= 4 is 17.8 Å². The van der Waals surface area contributed by atoms with Crippen LogP contribution in [-0.2, 0) is 23.9 Å². The first-order valence-electron chi connectivity index (χ1n) is 9.44. The molecule has 142 valence electrons. The largest absolute Gasteiger partial charge is 0.462 e. The summed E-state index contributed by atoms with van der Waals surface area (Å²) in [5.41, 5.74) is 0. The number of amides is 2. The fourth-order valence-corrected chi connectivity index (χ4v) is 3.90. The molecule has 2 rings (SSSR count). The third-order valence-electron chi connectivity index (χ3n) is 5.44. The summed E-state index contributed by atoms with van der Waals surface area (Å²) in [5, 5.41) is 0. The molecule has 0 aromatic carbocycles. The number of esters is 1. The Labute approximate surface area is 150 Å². The monoisotopic (exact) mass is 353 g/mol. The highest BCUT2D eigenvalue weighted by molar-refractivity contribution is 6.04. The molecule has 6 heteroatoms. The van der Waals surface area contributed by atoms with E-state index >= 15 is 0 Å². The van der Waals surface area contributed by atoms with Gasteiger partial charge in [0.15, 0.2) is 0 Å². The molecule has 6 nitrogen and oxygen atoms in total. The number of carbonyl (C=O) groups excluding carboxylic acids is 3. The van der Waals surface area contributed by atoms with Crippen molar-refractivity contribution in [1.29, 1.82) is 0 Å². The van der Waals surface area contributed by atoms with Gasteiger partial charge in [-0.2, -0.15) is 0 Å². The minimum atomic E-state index is -0.861. The summed E-state index contributed by atoms with van der Waals surface area (Å²) in [6.45, 7) is 8.72. The average molecular weight is 353 g/mol. The van der Waals surface area contributed by atoms with E-state index in [9.17, 15) is 14.4 Å². The molecule has 0 radical (unpaired) electrons. The predicted octanol–water partition coefficient (Wildman–Crippen LogP) is 2.54. The molecule has 1 aliphatic carbocycles. The van der Waals surface area contributed by atoms with E-state index in [0.717, 1.165) is 11.3 Å². The normalized spacial score (nSPS) is 28.5. The summed E-state index contributed by atoms with van der Waals surface area (Å²) in [5.74, 6) is 0.626. The Hall–Kier alpha value is -1.43. The van der Waals surface area contributed by atoms with Crippen LogP contribution in [0.25, 0.3) is 0 Å². The number of hydrogen-bond donors (Lipinski definition) is 0. The number of nitrogens with zero attached hydrogens (tertiary/aromatic N) is 1. The molecule has 2 fully saturated rings. The zero-order valence-electron chi connectivity index (χ0n) is 15.8. The topological polar surface area (TPSA) is 72.9 Å². The fraction of sp³-hybridized carbons (Fsp3) is 0.842. The Morgan fingerprint density at radius 1 is 1.12 bits per heavy atom. The zero-order valence-corrected chi connectivity index (χ0v) is 15.8. The smallest absolute Gasteiger partial charge is 0.329 e. The number of ether oxygens (including phenoxy) is 2. The minimum absolute atomic E-state index is 0.148. The minimum Gasteiger partial charge on any atom is -0.462 e. The molecular weight excluding hydrogens is 322 g/mol. The summed E-state index contributed by atoms with van der Waals surface area (Å²) in [6, 6.07) is -0.861. The quantitative estimate of drug-likeness (QED) is 0.399. The number of imide groups is 1. The highest BCUT2D eigenvalue weighted by Crippen LogP contribution is 2.35. The van der Waals surface area contributed by atoms with Gasteiger partial charge in [0.1, 0.15) is 12.6 Å². The Morgan fingerprint density at radius 2 is 1.76 bits per heavy atom. The summed E-state index contributed by atoms with van der Waals surface area (Å²) < 4.78 is 11.2. The molecule has 4 atom stereocenters. The van der Waals surface area contributed by atoms with Crippen molar-refractivity contribution in [3.05, 3.63) is 0 Å². The second-order valence-electron chi connectivity index (χ2n) is 7.74. The van der Waals surface area contributed by atoms with E-state index in [4.69, 9.17) is 9.47 Å². The van der Waals surface area contributed by atoms with Crippen molar-refractivity contribution in [3.63, 3.8) is 0 Å². The maximum atomic E-state index is 12.1. The van der Waals surface area contributed by atoms with E-state index in [-0.39, 0.29) is 37.4 Å². The van der Waals surface area contributed by atoms with Crippen LogP contribution < -0.4 is 0 Å². The molecule has 2 amide bonds. The molecule has 1 saturated heterocycles. The van der Waals surface area contributed by atoms with Gasteiger partial charge >= 0.3 is 5.97 Å². The molecule has 0 N–H and O–H groups in total. The molecule has 25 heavy (non-hydrogen) atoms. The Bertz CT molecular complexity index is 488. The van der Waals surface area contributed by atoms with Crippen molar-refractivity contribution in [2.24, 2.45) is 17.8 Å². The molecule has 3 unspecified atom stereocenters. The van der Waals surface area contributed by atoms with Gasteiger partial charge in [0.05, 0.1) is 12.7 Å². The molecule has 0 aromatic heterocycles.